The molecule has 0 radical (unpaired) electrons. The van der Waals surface area contributed by atoms with Gasteiger partial charge in [0, 0.05) is 56.4 Å². The zero-order chi connectivity index (χ0) is 33.1. The smallest absolute Gasteiger partial charge is 0.303 e. The van der Waals surface area contributed by atoms with E-state index in [0.29, 0.717) is 6.42 Å². The molecule has 2 heterocycles. The summed E-state index contributed by atoms with van der Waals surface area (Å²) in [6, 6.07) is 16.5. The van der Waals surface area contributed by atoms with Crippen molar-refractivity contribution >= 4 is 34.7 Å². The molecule has 0 spiro atoms. The van der Waals surface area contributed by atoms with E-state index >= 15 is 0 Å². The van der Waals surface area contributed by atoms with Gasteiger partial charge in [0.1, 0.15) is 12.7 Å². The van der Waals surface area contributed by atoms with E-state index in [0.717, 1.165) is 36.2 Å². The van der Waals surface area contributed by atoms with E-state index in [2.05, 4.69) is 53.0 Å². The summed E-state index contributed by atoms with van der Waals surface area (Å²) in [6.07, 6.45) is 0.349. The standard InChI is InChI=1S/C34H41N3O9/c1-21-28(29-9-5-6-10-30(29)36-21)16-17-35-19-26-14-12-25(13-15-26)8-7-11-32(41)37-46-34-33(44-24(4)40)31(43-23(3)39)18-27(45-34)20-42-22(2)38/h5-7,9-15,27,31,33-36H,8,16-20H2,1-4H3,(H,37,41)/b11-7+/t27?,31-,33+,34-/m0/s1. The van der Waals surface area contributed by atoms with Crippen molar-refractivity contribution in [3.8, 4) is 0 Å². The second-order valence-electron chi connectivity index (χ2n) is 11.1. The Labute approximate surface area is 267 Å². The molecule has 1 aromatic heterocycles. The number of rotatable bonds is 14. The van der Waals surface area contributed by atoms with Crippen LogP contribution in [0.3, 0.4) is 0 Å². The normalized spacial score (nSPS) is 19.6. The van der Waals surface area contributed by atoms with Crippen molar-refractivity contribution in [2.45, 2.75) is 78.1 Å². The molecule has 246 valence electrons. The zero-order valence-corrected chi connectivity index (χ0v) is 26.5. The Morgan fingerprint density at radius 2 is 1.67 bits per heavy atom. The molecule has 0 bridgehead atoms. The van der Waals surface area contributed by atoms with Crippen LogP contribution in [-0.4, -0.2) is 66.6 Å². The summed E-state index contributed by atoms with van der Waals surface area (Å²) in [6.45, 7) is 7.21. The number of ether oxygens (including phenoxy) is 4. The van der Waals surface area contributed by atoms with Crippen LogP contribution in [0, 0.1) is 6.92 Å². The highest BCUT2D eigenvalue weighted by molar-refractivity contribution is 5.86. The molecule has 2 aromatic carbocycles. The quantitative estimate of drug-likeness (QED) is 0.0789. The largest absolute Gasteiger partial charge is 0.463 e. The number of nitrogens with one attached hydrogen (secondary N) is 3. The van der Waals surface area contributed by atoms with Gasteiger partial charge in [-0.1, -0.05) is 48.5 Å². The van der Waals surface area contributed by atoms with Crippen LogP contribution in [0.5, 0.6) is 0 Å². The van der Waals surface area contributed by atoms with Crippen LogP contribution in [0.15, 0.2) is 60.7 Å². The van der Waals surface area contributed by atoms with Gasteiger partial charge in [0.25, 0.3) is 5.91 Å². The average molecular weight is 636 g/mol. The Morgan fingerprint density at radius 3 is 2.39 bits per heavy atom. The molecule has 3 aromatic rings. The Morgan fingerprint density at radius 1 is 0.957 bits per heavy atom. The third-order valence-corrected chi connectivity index (χ3v) is 7.38. The predicted octanol–water partition coefficient (Wildman–Crippen LogP) is 3.50. The number of amides is 1. The minimum absolute atomic E-state index is 0.0814. The van der Waals surface area contributed by atoms with Crippen LogP contribution in [0.1, 0.15) is 49.6 Å². The summed E-state index contributed by atoms with van der Waals surface area (Å²) in [7, 11) is 0. The number of hydrogen-bond donors (Lipinski definition) is 3. The van der Waals surface area contributed by atoms with E-state index in [1.165, 1.54) is 43.5 Å². The molecule has 1 aliphatic rings. The molecule has 0 aliphatic carbocycles. The number of aromatic amines is 1. The Kier molecular flexibility index (Phi) is 12.5. The summed E-state index contributed by atoms with van der Waals surface area (Å²) in [5.74, 6) is -2.37. The van der Waals surface area contributed by atoms with E-state index in [-0.39, 0.29) is 13.0 Å². The predicted molar refractivity (Wildman–Crippen MR) is 168 cm³/mol. The fraction of sp³-hybridized carbons (Fsp3) is 0.412. The molecule has 1 amide bonds. The maximum atomic E-state index is 12.5. The van der Waals surface area contributed by atoms with Gasteiger partial charge in [0.05, 0.1) is 6.10 Å². The van der Waals surface area contributed by atoms with Crippen molar-refractivity contribution < 1.29 is 43.0 Å². The summed E-state index contributed by atoms with van der Waals surface area (Å²) in [5.41, 5.74) is 8.14. The minimum Gasteiger partial charge on any atom is -0.463 e. The molecule has 4 rings (SSSR count). The number of allylic oxidation sites excluding steroid dienone is 1. The first-order valence-corrected chi connectivity index (χ1v) is 15.2. The zero-order valence-electron chi connectivity index (χ0n) is 26.5. The van der Waals surface area contributed by atoms with Crippen LogP contribution in [-0.2, 0) is 62.3 Å². The number of hydrogen-bond acceptors (Lipinski definition) is 10. The van der Waals surface area contributed by atoms with Gasteiger partial charge in [-0.15, -0.1) is 0 Å². The lowest BCUT2D eigenvalue weighted by Gasteiger charge is -2.39. The van der Waals surface area contributed by atoms with Crippen molar-refractivity contribution in [2.75, 3.05) is 13.2 Å². The van der Waals surface area contributed by atoms with Crippen LogP contribution in [0.2, 0.25) is 0 Å². The molecular weight excluding hydrogens is 594 g/mol. The molecular formula is C34H41N3O9. The number of fused-ring (bicyclic) bond motifs is 1. The number of aryl methyl sites for hydroxylation is 1. The van der Waals surface area contributed by atoms with Gasteiger partial charge in [0.2, 0.25) is 6.29 Å². The molecule has 1 saturated heterocycles. The van der Waals surface area contributed by atoms with Crippen molar-refractivity contribution in [3.05, 3.63) is 83.1 Å². The molecule has 3 N–H and O–H groups in total. The highest BCUT2D eigenvalue weighted by Crippen LogP contribution is 2.27. The van der Waals surface area contributed by atoms with Gasteiger partial charge in [0.15, 0.2) is 6.10 Å². The van der Waals surface area contributed by atoms with Gasteiger partial charge in [-0.3, -0.25) is 19.2 Å². The van der Waals surface area contributed by atoms with E-state index in [1.54, 1.807) is 6.08 Å². The van der Waals surface area contributed by atoms with E-state index in [9.17, 15) is 19.2 Å². The van der Waals surface area contributed by atoms with Gasteiger partial charge >= 0.3 is 17.9 Å². The highest BCUT2D eigenvalue weighted by Gasteiger charge is 2.44. The van der Waals surface area contributed by atoms with E-state index in [4.69, 9.17) is 23.8 Å². The monoisotopic (exact) mass is 635 g/mol. The molecule has 1 aliphatic heterocycles. The van der Waals surface area contributed by atoms with Crippen LogP contribution >= 0.6 is 0 Å². The number of H-pyrrole nitrogens is 1. The number of aromatic nitrogens is 1. The summed E-state index contributed by atoms with van der Waals surface area (Å²) < 4.78 is 21.4. The van der Waals surface area contributed by atoms with Crippen molar-refractivity contribution in [2.24, 2.45) is 0 Å². The van der Waals surface area contributed by atoms with Crippen LogP contribution in [0.25, 0.3) is 10.9 Å². The van der Waals surface area contributed by atoms with E-state index in [1.807, 2.05) is 18.2 Å². The first-order valence-electron chi connectivity index (χ1n) is 15.2. The SMILES string of the molecule is CC(=O)OCC1C[C@H](OC(C)=O)[C@@H](OC(C)=O)[C@H](ONC(=O)/C=C/Cc2ccc(CNCCc3c(C)[nH]c4ccccc34)cc2)O1. The number of benzene rings is 2. The molecule has 1 unspecified atom stereocenters. The first kappa shape index (κ1) is 34.4. The van der Waals surface area contributed by atoms with E-state index < -0.39 is 48.4 Å². The lowest BCUT2D eigenvalue weighted by atomic mass is 10.0. The third-order valence-electron chi connectivity index (χ3n) is 7.38. The number of hydroxylamine groups is 1. The lowest BCUT2D eigenvalue weighted by Crippen LogP contribution is -2.55. The average Bonchev–Trinajstić information content (AvgIpc) is 3.33. The molecule has 0 saturated carbocycles. The summed E-state index contributed by atoms with van der Waals surface area (Å²) in [4.78, 5) is 56.1. The minimum atomic E-state index is -1.33. The molecule has 46 heavy (non-hydrogen) atoms. The Bertz CT molecular complexity index is 1530. The van der Waals surface area contributed by atoms with Crippen molar-refractivity contribution in [3.63, 3.8) is 0 Å². The Hall–Kier alpha value is -4.52. The van der Waals surface area contributed by atoms with Gasteiger partial charge in [-0.05, 0) is 49.1 Å². The summed E-state index contributed by atoms with van der Waals surface area (Å²) in [5, 5.41) is 4.78. The number of carbonyl (C=O) groups is 4. The maximum Gasteiger partial charge on any atom is 0.303 e. The Balaban J connectivity index is 1.23. The highest BCUT2D eigenvalue weighted by atomic mass is 16.8. The molecule has 1 fully saturated rings. The maximum absolute atomic E-state index is 12.5. The second kappa shape index (κ2) is 16.7. The van der Waals surface area contributed by atoms with Crippen LogP contribution < -0.4 is 10.8 Å². The van der Waals surface area contributed by atoms with Crippen molar-refractivity contribution in [1.29, 1.82) is 0 Å². The van der Waals surface area contributed by atoms with Gasteiger partial charge < -0.3 is 29.2 Å². The summed E-state index contributed by atoms with van der Waals surface area (Å²) >= 11 is 0. The number of esters is 3. The second-order valence-corrected chi connectivity index (χ2v) is 11.1. The first-order chi connectivity index (χ1) is 22.1. The topological polar surface area (TPSA) is 154 Å². The number of carbonyl (C=O) groups excluding carboxylic acids is 4. The number of para-hydroxylation sites is 1. The third kappa shape index (κ3) is 10.3. The molecule has 12 heteroatoms. The van der Waals surface area contributed by atoms with Crippen molar-refractivity contribution in [1.82, 2.24) is 15.8 Å². The fourth-order valence-corrected chi connectivity index (χ4v) is 5.30. The molecule has 4 atom stereocenters. The van der Waals surface area contributed by atoms with Gasteiger partial charge in [-0.2, -0.15) is 0 Å². The van der Waals surface area contributed by atoms with Gasteiger partial charge in [-0.25, -0.2) is 10.3 Å². The fourth-order valence-electron chi connectivity index (χ4n) is 5.30. The molecule has 12 nitrogen and oxygen atoms in total. The van der Waals surface area contributed by atoms with Crippen LogP contribution in [0.4, 0.5) is 0 Å². The lowest BCUT2D eigenvalue weighted by molar-refractivity contribution is -0.292.